The molecule has 0 radical (unpaired) electrons. The first-order valence-electron chi connectivity index (χ1n) is 8.51. The standard InChI is InChI=1S/C23H18N2O/c26-23(20-16-15-18-9-7-8-10-19(18)17-20)25(22-13-5-2-6-14-22)24-21-11-3-1-4-12-21/h1-17,24H. The highest BCUT2D eigenvalue weighted by Gasteiger charge is 2.18. The van der Waals surface area contributed by atoms with E-state index in [1.165, 1.54) is 0 Å². The van der Waals surface area contributed by atoms with Crippen LogP contribution in [0.4, 0.5) is 11.4 Å². The molecule has 1 amide bonds. The molecule has 3 nitrogen and oxygen atoms in total. The molecule has 0 atom stereocenters. The number of hydrogen-bond donors (Lipinski definition) is 1. The van der Waals surface area contributed by atoms with Gasteiger partial charge in [-0.3, -0.25) is 10.2 Å². The molecule has 0 heterocycles. The lowest BCUT2D eigenvalue weighted by atomic mass is 10.1. The second-order valence-electron chi connectivity index (χ2n) is 6.02. The number of nitrogens with one attached hydrogen (secondary N) is 1. The number of carbonyl (C=O) groups is 1. The van der Waals surface area contributed by atoms with Gasteiger partial charge >= 0.3 is 0 Å². The third-order valence-corrected chi connectivity index (χ3v) is 4.23. The Labute approximate surface area is 152 Å². The van der Waals surface area contributed by atoms with Crippen molar-refractivity contribution in [1.29, 1.82) is 0 Å². The number of para-hydroxylation sites is 2. The van der Waals surface area contributed by atoms with E-state index in [4.69, 9.17) is 0 Å². The Morgan fingerprint density at radius 3 is 2.00 bits per heavy atom. The minimum Gasteiger partial charge on any atom is -0.291 e. The average molecular weight is 338 g/mol. The van der Waals surface area contributed by atoms with Gasteiger partial charge in [0.05, 0.1) is 11.4 Å². The summed E-state index contributed by atoms with van der Waals surface area (Å²) in [6.07, 6.45) is 0. The molecule has 0 aromatic heterocycles. The zero-order chi connectivity index (χ0) is 17.8. The van der Waals surface area contributed by atoms with E-state index < -0.39 is 0 Å². The minimum atomic E-state index is -0.106. The highest BCUT2D eigenvalue weighted by Crippen LogP contribution is 2.21. The Kier molecular flexibility index (Phi) is 4.35. The molecule has 0 unspecified atom stereocenters. The van der Waals surface area contributed by atoms with Crippen LogP contribution in [0.25, 0.3) is 10.8 Å². The molecule has 0 aliphatic rings. The maximum Gasteiger partial charge on any atom is 0.276 e. The van der Waals surface area contributed by atoms with Crippen molar-refractivity contribution >= 4 is 28.1 Å². The van der Waals surface area contributed by atoms with Gasteiger partial charge in [0.2, 0.25) is 0 Å². The summed E-state index contributed by atoms with van der Waals surface area (Å²) in [5.74, 6) is -0.106. The number of carbonyl (C=O) groups excluding carboxylic acids is 1. The van der Waals surface area contributed by atoms with Crippen LogP contribution >= 0.6 is 0 Å². The van der Waals surface area contributed by atoms with E-state index in [0.717, 1.165) is 22.1 Å². The number of fused-ring (bicyclic) bond motifs is 1. The number of nitrogens with zero attached hydrogens (tertiary/aromatic N) is 1. The van der Waals surface area contributed by atoms with Gasteiger partial charge in [-0.25, -0.2) is 5.01 Å². The fourth-order valence-corrected chi connectivity index (χ4v) is 2.90. The van der Waals surface area contributed by atoms with Crippen LogP contribution in [0.15, 0.2) is 103 Å². The zero-order valence-electron chi connectivity index (χ0n) is 14.2. The normalized spacial score (nSPS) is 10.5. The molecule has 0 saturated carbocycles. The van der Waals surface area contributed by atoms with E-state index >= 15 is 0 Å². The van der Waals surface area contributed by atoms with E-state index in [-0.39, 0.29) is 5.91 Å². The quantitative estimate of drug-likeness (QED) is 0.497. The lowest BCUT2D eigenvalue weighted by Gasteiger charge is -2.24. The number of benzene rings is 4. The highest BCUT2D eigenvalue weighted by molar-refractivity contribution is 6.09. The molecule has 1 N–H and O–H groups in total. The maximum atomic E-state index is 13.3. The predicted octanol–water partition coefficient (Wildman–Crippen LogP) is 5.51. The summed E-state index contributed by atoms with van der Waals surface area (Å²) in [7, 11) is 0. The SMILES string of the molecule is O=C(c1ccc2ccccc2c1)N(Nc1ccccc1)c1ccccc1. The number of rotatable bonds is 4. The smallest absolute Gasteiger partial charge is 0.276 e. The molecule has 0 aliphatic carbocycles. The van der Waals surface area contributed by atoms with Crippen molar-refractivity contribution in [2.75, 3.05) is 10.4 Å². The summed E-state index contributed by atoms with van der Waals surface area (Å²) in [5.41, 5.74) is 5.50. The van der Waals surface area contributed by atoms with E-state index in [1.807, 2.05) is 103 Å². The Morgan fingerprint density at radius 2 is 1.27 bits per heavy atom. The minimum absolute atomic E-state index is 0.106. The van der Waals surface area contributed by atoms with Gasteiger partial charge in [0, 0.05) is 5.56 Å². The van der Waals surface area contributed by atoms with Crippen molar-refractivity contribution < 1.29 is 4.79 Å². The van der Waals surface area contributed by atoms with Crippen LogP contribution in [-0.4, -0.2) is 5.91 Å². The topological polar surface area (TPSA) is 32.3 Å². The molecule has 0 bridgehead atoms. The first-order valence-corrected chi connectivity index (χ1v) is 8.51. The average Bonchev–Trinajstić information content (AvgIpc) is 2.72. The van der Waals surface area contributed by atoms with Gasteiger partial charge in [0.1, 0.15) is 0 Å². The van der Waals surface area contributed by atoms with Crippen LogP contribution in [0.1, 0.15) is 10.4 Å². The zero-order valence-corrected chi connectivity index (χ0v) is 14.2. The van der Waals surface area contributed by atoms with Gasteiger partial charge in [-0.15, -0.1) is 0 Å². The fraction of sp³-hybridized carbons (Fsp3) is 0. The first kappa shape index (κ1) is 15.9. The predicted molar refractivity (Wildman–Crippen MR) is 107 cm³/mol. The largest absolute Gasteiger partial charge is 0.291 e. The Hall–Kier alpha value is -3.59. The number of anilines is 2. The van der Waals surface area contributed by atoms with E-state index in [9.17, 15) is 4.79 Å². The molecule has 0 aliphatic heterocycles. The van der Waals surface area contributed by atoms with Crippen molar-refractivity contribution in [2.24, 2.45) is 0 Å². The summed E-state index contributed by atoms with van der Waals surface area (Å²) in [5, 5.41) is 3.75. The lowest BCUT2D eigenvalue weighted by molar-refractivity contribution is 0.0993. The molecule has 0 spiro atoms. The Bertz CT molecular complexity index is 1030. The molecule has 126 valence electrons. The monoisotopic (exact) mass is 338 g/mol. The second-order valence-corrected chi connectivity index (χ2v) is 6.02. The molecule has 26 heavy (non-hydrogen) atoms. The van der Waals surface area contributed by atoms with Crippen LogP contribution < -0.4 is 10.4 Å². The van der Waals surface area contributed by atoms with Crippen molar-refractivity contribution in [3.63, 3.8) is 0 Å². The van der Waals surface area contributed by atoms with Gasteiger partial charge in [0.25, 0.3) is 5.91 Å². The molecule has 0 saturated heterocycles. The van der Waals surface area contributed by atoms with Gasteiger partial charge in [-0.1, -0.05) is 66.7 Å². The molecule has 4 aromatic rings. The summed E-state index contributed by atoms with van der Waals surface area (Å²) in [6, 6.07) is 33.1. The molecular formula is C23H18N2O. The van der Waals surface area contributed by atoms with Crippen LogP contribution in [0, 0.1) is 0 Å². The van der Waals surface area contributed by atoms with Crippen molar-refractivity contribution in [3.8, 4) is 0 Å². The van der Waals surface area contributed by atoms with Crippen LogP contribution in [0.2, 0.25) is 0 Å². The van der Waals surface area contributed by atoms with E-state index in [0.29, 0.717) is 5.56 Å². The number of amides is 1. The second kappa shape index (κ2) is 7.11. The maximum absolute atomic E-state index is 13.3. The van der Waals surface area contributed by atoms with Crippen molar-refractivity contribution in [2.45, 2.75) is 0 Å². The summed E-state index contributed by atoms with van der Waals surface area (Å²) < 4.78 is 0. The fourth-order valence-electron chi connectivity index (χ4n) is 2.90. The van der Waals surface area contributed by atoms with E-state index in [1.54, 1.807) is 5.01 Å². The molecule has 4 aromatic carbocycles. The molecule has 0 fully saturated rings. The van der Waals surface area contributed by atoms with E-state index in [2.05, 4.69) is 5.43 Å². The van der Waals surface area contributed by atoms with Crippen LogP contribution in [0.5, 0.6) is 0 Å². The Balaban J connectivity index is 1.73. The highest BCUT2D eigenvalue weighted by atomic mass is 16.2. The van der Waals surface area contributed by atoms with Gasteiger partial charge < -0.3 is 0 Å². The summed E-state index contributed by atoms with van der Waals surface area (Å²) >= 11 is 0. The van der Waals surface area contributed by atoms with Gasteiger partial charge in [-0.05, 0) is 47.2 Å². The molecular weight excluding hydrogens is 320 g/mol. The molecule has 3 heteroatoms. The summed E-state index contributed by atoms with van der Waals surface area (Å²) in [4.78, 5) is 13.3. The van der Waals surface area contributed by atoms with Gasteiger partial charge in [0.15, 0.2) is 0 Å². The van der Waals surface area contributed by atoms with Gasteiger partial charge in [-0.2, -0.15) is 0 Å². The van der Waals surface area contributed by atoms with Crippen LogP contribution in [-0.2, 0) is 0 Å². The van der Waals surface area contributed by atoms with Crippen molar-refractivity contribution in [1.82, 2.24) is 0 Å². The van der Waals surface area contributed by atoms with Crippen molar-refractivity contribution in [3.05, 3.63) is 109 Å². The lowest BCUT2D eigenvalue weighted by Crippen LogP contribution is -2.36. The third kappa shape index (κ3) is 3.28. The van der Waals surface area contributed by atoms with Crippen LogP contribution in [0.3, 0.4) is 0 Å². The summed E-state index contributed by atoms with van der Waals surface area (Å²) in [6.45, 7) is 0. The first-order chi connectivity index (χ1) is 12.8. The third-order valence-electron chi connectivity index (χ3n) is 4.23. The Morgan fingerprint density at radius 1 is 0.654 bits per heavy atom. The molecule has 4 rings (SSSR count). The number of hydrogen-bond acceptors (Lipinski definition) is 2. The number of hydrazine groups is 1.